The number of rotatable bonds is 7. The number of aryl methyl sites for hydroxylation is 1. The van der Waals surface area contributed by atoms with Crippen molar-refractivity contribution >= 4 is 43.4 Å². The molecule has 2 heterocycles. The molecule has 0 spiro atoms. The zero-order valence-corrected chi connectivity index (χ0v) is 19.0. The monoisotopic (exact) mass is 481 g/mol. The summed E-state index contributed by atoms with van der Waals surface area (Å²) in [6, 6.07) is 4.71. The molecular weight excluding hydrogens is 461 g/mol. The number of halogens is 2. The number of nitrogens with zero attached hydrogens (tertiary/aromatic N) is 3. The lowest BCUT2D eigenvalue weighted by Gasteiger charge is -2.21. The number of fused-ring (bicyclic) bond motifs is 1. The predicted molar refractivity (Wildman–Crippen MR) is 114 cm³/mol. The van der Waals surface area contributed by atoms with Crippen LogP contribution in [0.1, 0.15) is 33.5 Å². The third kappa shape index (κ3) is 4.41. The normalized spacial score (nSPS) is 11.1. The van der Waals surface area contributed by atoms with Crippen LogP contribution >= 0.6 is 27.3 Å². The standard InChI is InChI=1S/C20H21BrFN3O3S/c1-5-25(9-12-8-13(21)6-7-14(12)22)20(26)17-11(2)16-18(28-4)23-15(10-27-3)24-19(16)29-17/h6-8H,5,9-10H2,1-4H3. The van der Waals surface area contributed by atoms with E-state index in [-0.39, 0.29) is 24.9 Å². The minimum absolute atomic E-state index is 0.173. The van der Waals surface area contributed by atoms with E-state index in [1.165, 1.54) is 24.5 Å². The average molecular weight is 482 g/mol. The Morgan fingerprint density at radius 3 is 2.72 bits per heavy atom. The molecule has 0 bridgehead atoms. The highest BCUT2D eigenvalue weighted by Gasteiger charge is 2.25. The highest BCUT2D eigenvalue weighted by molar-refractivity contribution is 9.10. The molecule has 6 nitrogen and oxygen atoms in total. The lowest BCUT2D eigenvalue weighted by molar-refractivity contribution is 0.0755. The van der Waals surface area contributed by atoms with Gasteiger partial charge < -0.3 is 14.4 Å². The molecule has 0 saturated carbocycles. The highest BCUT2D eigenvalue weighted by Crippen LogP contribution is 2.36. The molecule has 9 heteroatoms. The second-order valence-electron chi connectivity index (χ2n) is 6.37. The van der Waals surface area contributed by atoms with Gasteiger partial charge in [0.1, 0.15) is 17.3 Å². The fourth-order valence-corrected chi connectivity index (χ4v) is 4.60. The summed E-state index contributed by atoms with van der Waals surface area (Å²) in [6.45, 7) is 4.58. The van der Waals surface area contributed by atoms with Gasteiger partial charge in [0, 0.05) is 30.2 Å². The number of aromatic nitrogens is 2. The lowest BCUT2D eigenvalue weighted by atomic mass is 10.1. The number of carbonyl (C=O) groups excluding carboxylic acids is 1. The number of methoxy groups -OCH3 is 2. The van der Waals surface area contributed by atoms with Crippen molar-refractivity contribution in [1.82, 2.24) is 14.9 Å². The maximum Gasteiger partial charge on any atom is 0.264 e. The van der Waals surface area contributed by atoms with E-state index >= 15 is 0 Å². The van der Waals surface area contributed by atoms with Crippen molar-refractivity contribution in [3.63, 3.8) is 0 Å². The van der Waals surface area contributed by atoms with Crippen LogP contribution in [0.25, 0.3) is 10.2 Å². The van der Waals surface area contributed by atoms with E-state index in [4.69, 9.17) is 9.47 Å². The average Bonchev–Trinajstić information content (AvgIpc) is 3.04. The molecule has 3 aromatic rings. The van der Waals surface area contributed by atoms with Crippen LogP contribution in [-0.4, -0.2) is 41.5 Å². The van der Waals surface area contributed by atoms with E-state index in [2.05, 4.69) is 25.9 Å². The Morgan fingerprint density at radius 2 is 2.07 bits per heavy atom. The van der Waals surface area contributed by atoms with Gasteiger partial charge in [0.25, 0.3) is 5.91 Å². The first-order valence-corrected chi connectivity index (χ1v) is 10.6. The quantitative estimate of drug-likeness (QED) is 0.488. The van der Waals surface area contributed by atoms with E-state index in [1.54, 1.807) is 24.1 Å². The third-order valence-corrected chi connectivity index (χ3v) is 6.17. The first-order valence-electron chi connectivity index (χ1n) is 8.95. The molecular formula is C20H21BrFN3O3S. The van der Waals surface area contributed by atoms with Crippen molar-refractivity contribution in [2.24, 2.45) is 0 Å². The predicted octanol–water partition coefficient (Wildman–Crippen LogP) is 4.72. The van der Waals surface area contributed by atoms with Crippen LogP contribution in [0.4, 0.5) is 4.39 Å². The summed E-state index contributed by atoms with van der Waals surface area (Å²) in [4.78, 5) is 24.9. The summed E-state index contributed by atoms with van der Waals surface area (Å²) in [7, 11) is 3.10. The van der Waals surface area contributed by atoms with Gasteiger partial charge in [-0.05, 0) is 37.6 Å². The molecule has 0 atom stereocenters. The Hall–Kier alpha value is -2.10. The Labute approximate surface area is 180 Å². The van der Waals surface area contributed by atoms with Crippen molar-refractivity contribution in [3.8, 4) is 5.88 Å². The summed E-state index contributed by atoms with van der Waals surface area (Å²) in [5.74, 6) is 0.378. The molecule has 1 amide bonds. The fourth-order valence-electron chi connectivity index (χ4n) is 3.03. The molecule has 1 aromatic carbocycles. The molecule has 0 aliphatic rings. The number of hydrogen-bond acceptors (Lipinski definition) is 6. The molecule has 0 saturated heterocycles. The Morgan fingerprint density at radius 1 is 1.31 bits per heavy atom. The summed E-state index contributed by atoms with van der Waals surface area (Å²) in [5.41, 5.74) is 1.21. The molecule has 0 unspecified atom stereocenters. The second-order valence-corrected chi connectivity index (χ2v) is 8.29. The van der Waals surface area contributed by atoms with Crippen molar-refractivity contribution < 1.29 is 18.7 Å². The van der Waals surface area contributed by atoms with Crippen LogP contribution in [0, 0.1) is 12.7 Å². The molecule has 3 rings (SSSR count). The van der Waals surface area contributed by atoms with E-state index in [0.717, 1.165) is 10.0 Å². The largest absolute Gasteiger partial charge is 0.480 e. The van der Waals surface area contributed by atoms with Crippen LogP contribution in [0.5, 0.6) is 5.88 Å². The number of hydrogen-bond donors (Lipinski definition) is 0. The van der Waals surface area contributed by atoms with Crippen molar-refractivity contribution in [2.45, 2.75) is 27.0 Å². The van der Waals surface area contributed by atoms with Crippen LogP contribution in [0.15, 0.2) is 22.7 Å². The Balaban J connectivity index is 2.00. The smallest absolute Gasteiger partial charge is 0.264 e. The topological polar surface area (TPSA) is 64.6 Å². The number of benzene rings is 1. The maximum atomic E-state index is 14.2. The van der Waals surface area contributed by atoms with Crippen molar-refractivity contribution in [2.75, 3.05) is 20.8 Å². The van der Waals surface area contributed by atoms with Gasteiger partial charge in [0.05, 0.1) is 17.4 Å². The first kappa shape index (κ1) is 21.6. The number of carbonyl (C=O) groups is 1. The highest BCUT2D eigenvalue weighted by atomic mass is 79.9. The minimum Gasteiger partial charge on any atom is -0.480 e. The Kier molecular flexibility index (Phi) is 6.81. The first-order chi connectivity index (χ1) is 13.9. The fraction of sp³-hybridized carbons (Fsp3) is 0.350. The molecule has 2 aromatic heterocycles. The summed E-state index contributed by atoms with van der Waals surface area (Å²) in [6.07, 6.45) is 0. The zero-order valence-electron chi connectivity index (χ0n) is 16.6. The molecule has 0 fully saturated rings. The van der Waals surface area contributed by atoms with Gasteiger partial charge in [-0.1, -0.05) is 15.9 Å². The second kappa shape index (κ2) is 9.15. The van der Waals surface area contributed by atoms with Crippen molar-refractivity contribution in [1.29, 1.82) is 0 Å². The van der Waals surface area contributed by atoms with Crippen LogP contribution in [-0.2, 0) is 17.9 Å². The van der Waals surface area contributed by atoms with Crippen LogP contribution in [0.2, 0.25) is 0 Å². The molecule has 0 N–H and O–H groups in total. The van der Waals surface area contributed by atoms with Gasteiger partial charge in [0.2, 0.25) is 5.88 Å². The van der Waals surface area contributed by atoms with E-state index in [1.807, 2.05) is 13.8 Å². The van der Waals surface area contributed by atoms with Crippen LogP contribution in [0.3, 0.4) is 0 Å². The van der Waals surface area contributed by atoms with E-state index < -0.39 is 0 Å². The summed E-state index contributed by atoms with van der Waals surface area (Å²) >= 11 is 4.64. The molecule has 154 valence electrons. The number of ether oxygens (including phenoxy) is 2. The number of amides is 1. The molecule has 0 radical (unpaired) electrons. The Bertz CT molecular complexity index is 1060. The van der Waals surface area contributed by atoms with Gasteiger partial charge in [-0.25, -0.2) is 9.37 Å². The number of thiophene rings is 1. The molecule has 29 heavy (non-hydrogen) atoms. The van der Waals surface area contributed by atoms with Gasteiger partial charge in [-0.3, -0.25) is 4.79 Å². The molecule has 0 aliphatic carbocycles. The van der Waals surface area contributed by atoms with Gasteiger partial charge in [0.15, 0.2) is 5.82 Å². The van der Waals surface area contributed by atoms with E-state index in [0.29, 0.717) is 38.9 Å². The van der Waals surface area contributed by atoms with Crippen molar-refractivity contribution in [3.05, 3.63) is 50.3 Å². The SMILES string of the molecule is CCN(Cc1cc(Br)ccc1F)C(=O)c1sc2nc(COC)nc(OC)c2c1C. The zero-order chi connectivity index (χ0) is 21.1. The molecule has 0 aliphatic heterocycles. The van der Waals surface area contributed by atoms with E-state index in [9.17, 15) is 9.18 Å². The lowest BCUT2D eigenvalue weighted by Crippen LogP contribution is -2.30. The summed E-state index contributed by atoms with van der Waals surface area (Å²) in [5, 5.41) is 0.713. The minimum atomic E-state index is -0.343. The van der Waals surface area contributed by atoms with Gasteiger partial charge in [-0.2, -0.15) is 4.98 Å². The third-order valence-electron chi connectivity index (χ3n) is 4.50. The van der Waals surface area contributed by atoms with Gasteiger partial charge >= 0.3 is 0 Å². The summed E-state index contributed by atoms with van der Waals surface area (Å²) < 4.78 is 25.5. The van der Waals surface area contributed by atoms with Crippen LogP contribution < -0.4 is 4.74 Å². The maximum absolute atomic E-state index is 14.2. The van der Waals surface area contributed by atoms with Gasteiger partial charge in [-0.15, -0.1) is 11.3 Å².